The van der Waals surface area contributed by atoms with Crippen LogP contribution in [0.2, 0.25) is 0 Å². The van der Waals surface area contributed by atoms with Crippen LogP contribution in [-0.2, 0) is 11.3 Å². The van der Waals surface area contributed by atoms with E-state index in [0.29, 0.717) is 24.4 Å². The number of amides is 2. The van der Waals surface area contributed by atoms with Crippen LogP contribution in [0, 0.1) is 6.92 Å². The smallest absolute Gasteiger partial charge is 0.260 e. The van der Waals surface area contributed by atoms with Crippen LogP contribution in [0.25, 0.3) is 0 Å². The van der Waals surface area contributed by atoms with Gasteiger partial charge in [-0.1, -0.05) is 29.8 Å². The zero-order valence-corrected chi connectivity index (χ0v) is 17.7. The second-order valence-corrected chi connectivity index (χ2v) is 7.52. The van der Waals surface area contributed by atoms with Crippen molar-refractivity contribution >= 4 is 17.5 Å². The molecule has 0 unspecified atom stereocenters. The molecular weight excluding hydrogens is 390 g/mol. The van der Waals surface area contributed by atoms with Gasteiger partial charge in [-0.05, 0) is 55.8 Å². The number of nitrogens with zero attached hydrogens (tertiary/aromatic N) is 2. The van der Waals surface area contributed by atoms with Crippen LogP contribution in [0.3, 0.4) is 0 Å². The summed E-state index contributed by atoms with van der Waals surface area (Å²) in [6, 6.07) is 18.5. The normalized spacial score (nSPS) is 15.0. The van der Waals surface area contributed by atoms with E-state index in [4.69, 9.17) is 4.74 Å². The molecule has 0 saturated carbocycles. The molecule has 4 rings (SSSR count). The van der Waals surface area contributed by atoms with Gasteiger partial charge in [0.15, 0.2) is 0 Å². The van der Waals surface area contributed by atoms with Gasteiger partial charge in [-0.15, -0.1) is 0 Å². The number of hydrogen-bond acceptors (Lipinski definition) is 4. The second-order valence-electron chi connectivity index (χ2n) is 7.52. The van der Waals surface area contributed by atoms with Crippen LogP contribution in [0.4, 0.5) is 5.69 Å². The predicted molar refractivity (Wildman–Crippen MR) is 119 cm³/mol. The maximum absolute atomic E-state index is 13.1. The Morgan fingerprint density at radius 3 is 2.71 bits per heavy atom. The number of ether oxygens (including phenoxy) is 1. The van der Waals surface area contributed by atoms with Gasteiger partial charge in [0.1, 0.15) is 5.75 Å². The molecule has 1 N–H and O–H groups in total. The zero-order chi connectivity index (χ0) is 21.8. The first-order valence-electron chi connectivity index (χ1n) is 10.4. The van der Waals surface area contributed by atoms with Crippen molar-refractivity contribution in [1.82, 2.24) is 10.3 Å². The number of aromatic nitrogens is 1. The molecule has 3 aromatic rings. The average Bonchev–Trinajstić information content (AvgIpc) is 3.05. The molecule has 1 aliphatic rings. The molecule has 0 radical (unpaired) electrons. The number of carbonyl (C=O) groups excluding carboxylic acids is 2. The van der Waals surface area contributed by atoms with E-state index in [-0.39, 0.29) is 18.2 Å². The summed E-state index contributed by atoms with van der Waals surface area (Å²) >= 11 is 0. The third kappa shape index (κ3) is 4.43. The molecule has 1 aliphatic heterocycles. The lowest BCUT2D eigenvalue weighted by molar-refractivity contribution is -0.121. The molecule has 6 nitrogen and oxygen atoms in total. The highest BCUT2D eigenvalue weighted by Crippen LogP contribution is 2.38. The summed E-state index contributed by atoms with van der Waals surface area (Å²) in [4.78, 5) is 32.0. The molecule has 0 bridgehead atoms. The summed E-state index contributed by atoms with van der Waals surface area (Å²) in [5.74, 6) is 0.503. The molecule has 1 aromatic heterocycles. The highest BCUT2D eigenvalue weighted by Gasteiger charge is 2.39. The lowest BCUT2D eigenvalue weighted by Crippen LogP contribution is -2.33. The first-order valence-corrected chi connectivity index (χ1v) is 10.4. The third-order valence-corrected chi connectivity index (χ3v) is 5.31. The van der Waals surface area contributed by atoms with Crippen molar-refractivity contribution in [2.45, 2.75) is 32.9 Å². The van der Waals surface area contributed by atoms with Crippen LogP contribution in [0.15, 0.2) is 66.9 Å². The predicted octanol–water partition coefficient (Wildman–Crippen LogP) is 4.20. The summed E-state index contributed by atoms with van der Waals surface area (Å²) < 4.78 is 5.52. The molecule has 158 valence electrons. The number of pyridine rings is 1. The minimum atomic E-state index is -0.443. The molecule has 31 heavy (non-hydrogen) atoms. The quantitative estimate of drug-likeness (QED) is 0.628. The maximum Gasteiger partial charge on any atom is 0.260 e. The molecule has 2 amide bonds. The van der Waals surface area contributed by atoms with E-state index < -0.39 is 6.04 Å². The number of benzene rings is 2. The fourth-order valence-corrected chi connectivity index (χ4v) is 3.81. The van der Waals surface area contributed by atoms with Crippen molar-refractivity contribution in [1.29, 1.82) is 0 Å². The Balaban J connectivity index is 1.51. The molecule has 0 spiro atoms. The van der Waals surface area contributed by atoms with Gasteiger partial charge in [0.2, 0.25) is 5.91 Å². The summed E-state index contributed by atoms with van der Waals surface area (Å²) in [6.07, 6.45) is 1.80. The average molecular weight is 415 g/mol. The zero-order valence-electron chi connectivity index (χ0n) is 17.7. The first-order chi connectivity index (χ1) is 15.1. The van der Waals surface area contributed by atoms with Crippen molar-refractivity contribution in [3.05, 3.63) is 89.2 Å². The highest BCUT2D eigenvalue weighted by molar-refractivity contribution is 6.11. The Morgan fingerprint density at radius 1 is 1.13 bits per heavy atom. The molecule has 2 aromatic carbocycles. The van der Waals surface area contributed by atoms with E-state index >= 15 is 0 Å². The van der Waals surface area contributed by atoms with Crippen molar-refractivity contribution in [2.75, 3.05) is 11.5 Å². The molecule has 0 aliphatic carbocycles. The number of rotatable bonds is 7. The van der Waals surface area contributed by atoms with Gasteiger partial charge in [0.05, 0.1) is 30.3 Å². The fraction of sp³-hybridized carbons (Fsp3) is 0.240. The van der Waals surface area contributed by atoms with E-state index in [1.54, 1.807) is 23.2 Å². The first kappa shape index (κ1) is 20.6. The van der Waals surface area contributed by atoms with E-state index in [0.717, 1.165) is 22.6 Å². The van der Waals surface area contributed by atoms with Crippen molar-refractivity contribution in [2.24, 2.45) is 0 Å². The third-order valence-electron chi connectivity index (χ3n) is 5.31. The minimum absolute atomic E-state index is 0.130. The van der Waals surface area contributed by atoms with Crippen molar-refractivity contribution in [3.8, 4) is 5.75 Å². The summed E-state index contributed by atoms with van der Waals surface area (Å²) in [5.41, 5.74) is 4.01. The monoisotopic (exact) mass is 415 g/mol. The van der Waals surface area contributed by atoms with E-state index in [2.05, 4.69) is 10.3 Å². The lowest BCUT2D eigenvalue weighted by atomic mass is 10.1. The van der Waals surface area contributed by atoms with Gasteiger partial charge in [-0.25, -0.2) is 0 Å². The summed E-state index contributed by atoms with van der Waals surface area (Å²) in [5, 5.41) is 2.96. The van der Waals surface area contributed by atoms with Gasteiger partial charge in [0.25, 0.3) is 5.91 Å². The van der Waals surface area contributed by atoms with E-state index in [9.17, 15) is 9.59 Å². The van der Waals surface area contributed by atoms with Crippen LogP contribution >= 0.6 is 0 Å². The van der Waals surface area contributed by atoms with Crippen molar-refractivity contribution in [3.63, 3.8) is 0 Å². The Morgan fingerprint density at radius 2 is 1.94 bits per heavy atom. The molecule has 0 saturated heterocycles. The SMILES string of the molecule is CCOc1cccc(CNC(=O)C[C@H]2c3ncccc3C(=O)N2c2ccc(C)cc2)c1. The number of aryl methyl sites for hydroxylation is 1. The molecular formula is C25H25N3O3. The summed E-state index contributed by atoms with van der Waals surface area (Å²) in [6.45, 7) is 4.91. The lowest BCUT2D eigenvalue weighted by Gasteiger charge is -2.24. The second kappa shape index (κ2) is 9.00. The largest absolute Gasteiger partial charge is 0.494 e. The number of hydrogen-bond donors (Lipinski definition) is 1. The maximum atomic E-state index is 13.1. The van der Waals surface area contributed by atoms with Gasteiger partial charge in [-0.3, -0.25) is 19.5 Å². The van der Waals surface area contributed by atoms with E-state index in [1.165, 1.54) is 0 Å². The Bertz CT molecular complexity index is 1100. The van der Waals surface area contributed by atoms with Crippen molar-refractivity contribution < 1.29 is 14.3 Å². The molecule has 0 fully saturated rings. The van der Waals surface area contributed by atoms with Gasteiger partial charge >= 0.3 is 0 Å². The van der Waals surface area contributed by atoms with Crippen LogP contribution < -0.4 is 15.0 Å². The number of nitrogens with one attached hydrogen (secondary N) is 1. The standard InChI is InChI=1S/C25H25N3O3/c1-3-31-20-7-4-6-18(14-20)16-27-23(29)15-22-24-21(8-5-13-26-24)25(30)28(22)19-11-9-17(2)10-12-19/h4-14,22H,3,15-16H2,1-2H3,(H,27,29)/t22-/m0/s1. The topological polar surface area (TPSA) is 71.5 Å². The van der Waals surface area contributed by atoms with Crippen LogP contribution in [0.1, 0.15) is 46.6 Å². The van der Waals surface area contributed by atoms with Crippen LogP contribution in [0.5, 0.6) is 5.75 Å². The minimum Gasteiger partial charge on any atom is -0.494 e. The fourth-order valence-electron chi connectivity index (χ4n) is 3.81. The summed E-state index contributed by atoms with van der Waals surface area (Å²) in [7, 11) is 0. The number of fused-ring (bicyclic) bond motifs is 1. The Hall–Kier alpha value is -3.67. The van der Waals surface area contributed by atoms with E-state index in [1.807, 2.05) is 62.4 Å². The van der Waals surface area contributed by atoms with Gasteiger partial charge in [0, 0.05) is 18.4 Å². The van der Waals surface area contributed by atoms with Gasteiger partial charge < -0.3 is 10.1 Å². The number of anilines is 1. The number of carbonyl (C=O) groups is 2. The Kier molecular flexibility index (Phi) is 5.98. The molecule has 2 heterocycles. The Labute approximate surface area is 181 Å². The van der Waals surface area contributed by atoms with Crippen LogP contribution in [-0.4, -0.2) is 23.4 Å². The highest BCUT2D eigenvalue weighted by atomic mass is 16.5. The molecule has 1 atom stereocenters. The van der Waals surface area contributed by atoms with Gasteiger partial charge in [-0.2, -0.15) is 0 Å². The molecule has 6 heteroatoms.